The van der Waals surface area contributed by atoms with E-state index in [1.807, 2.05) is 0 Å². The summed E-state index contributed by atoms with van der Waals surface area (Å²) < 4.78 is 74.0. The number of carbonyl (C=O) groups is 1. The van der Waals surface area contributed by atoms with Gasteiger partial charge >= 0.3 is 12.4 Å². The van der Waals surface area contributed by atoms with E-state index in [0.29, 0.717) is 0 Å². The van der Waals surface area contributed by atoms with Crippen LogP contribution in [0.4, 0.5) is 26.3 Å². The van der Waals surface area contributed by atoms with Gasteiger partial charge in [-0.15, -0.1) is 0 Å². The lowest BCUT2D eigenvalue weighted by molar-refractivity contribution is -0.283. The molecule has 0 amide bonds. The van der Waals surface area contributed by atoms with E-state index in [-0.39, 0.29) is 16.9 Å². The Bertz CT molecular complexity index is 429. The fourth-order valence-electron chi connectivity index (χ4n) is 1.53. The molecule has 0 aromatic heterocycles. The van der Waals surface area contributed by atoms with Crippen LogP contribution in [0.3, 0.4) is 0 Å². The second-order valence-corrected chi connectivity index (χ2v) is 4.09. The van der Waals surface area contributed by atoms with Crippen LogP contribution < -0.4 is 0 Å². The zero-order valence-corrected chi connectivity index (χ0v) is 9.77. The first-order chi connectivity index (χ1) is 8.51. The van der Waals surface area contributed by atoms with Gasteiger partial charge in [0, 0.05) is 5.56 Å². The number of alkyl halides is 6. The summed E-state index contributed by atoms with van der Waals surface area (Å²) in [7, 11) is 0. The largest absolute Gasteiger partial charge is 0.400 e. The first kappa shape index (κ1) is 15.5. The lowest BCUT2D eigenvalue weighted by atomic mass is 9.97. The maximum absolute atomic E-state index is 12.3. The van der Waals surface area contributed by atoms with E-state index in [1.165, 1.54) is 19.1 Å². The summed E-state index contributed by atoms with van der Waals surface area (Å²) in [6.07, 6.45) is -11.9. The Morgan fingerprint density at radius 3 is 1.74 bits per heavy atom. The lowest BCUT2D eigenvalue weighted by Gasteiger charge is -2.22. The van der Waals surface area contributed by atoms with Gasteiger partial charge in [-0.25, -0.2) is 0 Å². The van der Waals surface area contributed by atoms with Crippen molar-refractivity contribution in [3.8, 4) is 0 Å². The highest BCUT2D eigenvalue weighted by molar-refractivity contribution is 5.93. The molecule has 0 aliphatic carbocycles. The van der Waals surface area contributed by atoms with Gasteiger partial charge in [-0.1, -0.05) is 24.3 Å². The van der Waals surface area contributed by atoms with Gasteiger partial charge in [0.05, 0.1) is 0 Å². The fraction of sp³-hybridized carbons (Fsp3) is 0.417. The molecule has 1 nitrogen and oxygen atoms in total. The van der Waals surface area contributed by atoms with Gasteiger partial charge in [-0.05, 0) is 18.9 Å². The molecule has 0 saturated carbocycles. The Morgan fingerprint density at radius 2 is 1.42 bits per heavy atom. The van der Waals surface area contributed by atoms with E-state index < -0.39 is 24.7 Å². The number of hydrogen-bond acceptors (Lipinski definition) is 1. The van der Waals surface area contributed by atoms with Gasteiger partial charge in [-0.2, -0.15) is 26.3 Å². The Kier molecular flexibility index (Phi) is 4.27. The summed E-state index contributed by atoms with van der Waals surface area (Å²) >= 11 is 0. The molecule has 0 aliphatic heterocycles. The minimum atomic E-state index is -5.35. The van der Waals surface area contributed by atoms with E-state index in [2.05, 4.69) is 0 Å². The Labute approximate surface area is 105 Å². The van der Waals surface area contributed by atoms with Gasteiger partial charge in [0.15, 0.2) is 11.7 Å². The van der Waals surface area contributed by atoms with E-state index in [1.54, 1.807) is 0 Å². The van der Waals surface area contributed by atoms with Crippen molar-refractivity contribution >= 4 is 5.78 Å². The number of hydrogen-bond donors (Lipinski definition) is 0. The molecule has 0 atom stereocenters. The smallest absolute Gasteiger partial charge is 0.295 e. The molecular weight excluding hydrogens is 274 g/mol. The van der Waals surface area contributed by atoms with Crippen LogP contribution in [0.2, 0.25) is 0 Å². The Balaban J connectivity index is 2.95. The van der Waals surface area contributed by atoms with Crippen molar-refractivity contribution < 1.29 is 31.1 Å². The molecule has 0 N–H and O–H groups in total. The predicted octanol–water partition coefficient (Wildman–Crippen LogP) is 4.17. The second-order valence-electron chi connectivity index (χ2n) is 4.09. The van der Waals surface area contributed by atoms with Crippen molar-refractivity contribution in [3.05, 3.63) is 35.4 Å². The van der Waals surface area contributed by atoms with Crippen molar-refractivity contribution in [3.63, 3.8) is 0 Å². The summed E-state index contributed by atoms with van der Waals surface area (Å²) in [5.74, 6) is -3.71. The zero-order chi connectivity index (χ0) is 14.8. The minimum absolute atomic E-state index is 0.121. The van der Waals surface area contributed by atoms with Crippen molar-refractivity contribution in [2.45, 2.75) is 25.7 Å². The third-order valence-corrected chi connectivity index (χ3v) is 2.59. The second kappa shape index (κ2) is 5.22. The number of carbonyl (C=O) groups excluding carboxylic acids is 1. The number of Topliss-reactive ketones (excluding diaryl/α,β-unsaturated/α-hetero) is 1. The molecule has 0 bridgehead atoms. The normalized spacial score (nSPS) is 12.8. The van der Waals surface area contributed by atoms with E-state index in [0.717, 1.165) is 12.1 Å². The molecule has 1 aromatic carbocycles. The molecule has 0 radical (unpaired) electrons. The van der Waals surface area contributed by atoms with Crippen molar-refractivity contribution in [1.29, 1.82) is 0 Å². The van der Waals surface area contributed by atoms with Gasteiger partial charge in [-0.3, -0.25) is 4.79 Å². The standard InChI is InChI=1S/C12H10F6O/c1-7(19)9-4-2-8(3-5-9)6-10(11(13,14)15)12(16,17)18/h2-5,10H,6H2,1H3. The molecule has 1 rings (SSSR count). The number of benzene rings is 1. The predicted molar refractivity (Wildman–Crippen MR) is 55.8 cm³/mol. The van der Waals surface area contributed by atoms with E-state index >= 15 is 0 Å². The van der Waals surface area contributed by atoms with E-state index in [4.69, 9.17) is 0 Å². The number of halogens is 6. The molecule has 0 saturated heterocycles. The first-order valence-electron chi connectivity index (χ1n) is 5.25. The van der Waals surface area contributed by atoms with Gasteiger partial charge in [0.1, 0.15) is 0 Å². The molecule has 7 heteroatoms. The van der Waals surface area contributed by atoms with Crippen LogP contribution in [-0.4, -0.2) is 18.1 Å². The summed E-state index contributed by atoms with van der Waals surface area (Å²) in [5, 5.41) is 0. The highest BCUT2D eigenvalue weighted by Gasteiger charge is 2.56. The SMILES string of the molecule is CC(=O)c1ccc(CC(C(F)(F)F)C(F)(F)F)cc1. The Morgan fingerprint density at radius 1 is 1.00 bits per heavy atom. The van der Waals surface area contributed by atoms with Crippen LogP contribution in [0.5, 0.6) is 0 Å². The maximum Gasteiger partial charge on any atom is 0.400 e. The lowest BCUT2D eigenvalue weighted by Crippen LogP contribution is -2.38. The van der Waals surface area contributed by atoms with E-state index in [9.17, 15) is 31.1 Å². The highest BCUT2D eigenvalue weighted by Crippen LogP contribution is 2.41. The molecule has 0 unspecified atom stereocenters. The topological polar surface area (TPSA) is 17.1 Å². The molecule has 0 spiro atoms. The van der Waals surface area contributed by atoms with Crippen LogP contribution in [0.25, 0.3) is 0 Å². The van der Waals surface area contributed by atoms with Crippen molar-refractivity contribution in [2.75, 3.05) is 0 Å². The molecule has 0 fully saturated rings. The monoisotopic (exact) mass is 284 g/mol. The van der Waals surface area contributed by atoms with Crippen LogP contribution in [-0.2, 0) is 6.42 Å². The average Bonchev–Trinajstić information content (AvgIpc) is 2.23. The average molecular weight is 284 g/mol. The molecule has 19 heavy (non-hydrogen) atoms. The zero-order valence-electron chi connectivity index (χ0n) is 9.77. The summed E-state index contributed by atoms with van der Waals surface area (Å²) in [6, 6.07) is 4.62. The number of ketones is 1. The third-order valence-electron chi connectivity index (χ3n) is 2.59. The Hall–Kier alpha value is -1.53. The molecular formula is C12H10F6O. The quantitative estimate of drug-likeness (QED) is 0.601. The summed E-state index contributed by atoms with van der Waals surface area (Å²) in [4.78, 5) is 10.9. The molecule has 0 heterocycles. The first-order valence-corrected chi connectivity index (χ1v) is 5.25. The van der Waals surface area contributed by atoms with Crippen molar-refractivity contribution in [1.82, 2.24) is 0 Å². The molecule has 106 valence electrons. The fourth-order valence-corrected chi connectivity index (χ4v) is 1.53. The molecule has 0 aliphatic rings. The summed E-state index contributed by atoms with van der Waals surface area (Å²) in [5.41, 5.74) is 0.115. The van der Waals surface area contributed by atoms with Crippen LogP contribution in [0.15, 0.2) is 24.3 Å². The molecule has 1 aromatic rings. The van der Waals surface area contributed by atoms with Gasteiger partial charge in [0.25, 0.3) is 0 Å². The minimum Gasteiger partial charge on any atom is -0.295 e. The van der Waals surface area contributed by atoms with Crippen LogP contribution in [0, 0.1) is 5.92 Å². The van der Waals surface area contributed by atoms with Crippen LogP contribution in [0.1, 0.15) is 22.8 Å². The van der Waals surface area contributed by atoms with Gasteiger partial charge in [0.2, 0.25) is 0 Å². The van der Waals surface area contributed by atoms with Gasteiger partial charge < -0.3 is 0 Å². The third kappa shape index (κ3) is 4.25. The van der Waals surface area contributed by atoms with Crippen molar-refractivity contribution in [2.24, 2.45) is 5.92 Å². The highest BCUT2D eigenvalue weighted by atomic mass is 19.4. The van der Waals surface area contributed by atoms with Crippen LogP contribution >= 0.6 is 0 Å². The summed E-state index contributed by atoms with van der Waals surface area (Å²) in [6.45, 7) is 1.25. The maximum atomic E-state index is 12.3. The number of rotatable bonds is 3.